The van der Waals surface area contributed by atoms with Gasteiger partial charge in [0.2, 0.25) is 0 Å². The van der Waals surface area contributed by atoms with E-state index in [4.69, 9.17) is 16.6 Å². The highest BCUT2D eigenvalue weighted by molar-refractivity contribution is 6.35. The maximum atomic E-state index is 6.48. The first-order valence-electron chi connectivity index (χ1n) is 8.03. The zero-order valence-electron chi connectivity index (χ0n) is 12.9. The Hall–Kier alpha value is -2.60. The molecular weight excluding hydrogens is 324 g/mol. The summed E-state index contributed by atoms with van der Waals surface area (Å²) in [5.41, 5.74) is 3.68. The van der Waals surface area contributed by atoms with Gasteiger partial charge < -0.3 is 4.90 Å². The van der Waals surface area contributed by atoms with Gasteiger partial charge in [-0.15, -0.1) is 0 Å². The van der Waals surface area contributed by atoms with Gasteiger partial charge in [-0.25, -0.2) is 9.67 Å². The van der Waals surface area contributed by atoms with Crippen LogP contribution in [0.15, 0.2) is 41.7 Å². The zero-order chi connectivity index (χ0) is 16.1. The van der Waals surface area contributed by atoms with Crippen LogP contribution >= 0.6 is 11.6 Å². The monoisotopic (exact) mass is 338 g/mol. The Kier molecular flexibility index (Phi) is 2.99. The van der Waals surface area contributed by atoms with Crippen LogP contribution in [0.5, 0.6) is 0 Å². The predicted molar refractivity (Wildman–Crippen MR) is 94.0 cm³/mol. The first kappa shape index (κ1) is 13.8. The fraction of sp³-hybridized carbons (Fsp3) is 0.235. The molecule has 0 atom stereocenters. The van der Waals surface area contributed by atoms with E-state index >= 15 is 0 Å². The predicted octanol–water partition coefficient (Wildman–Crippen LogP) is 3.62. The van der Waals surface area contributed by atoms with Gasteiger partial charge in [-0.05, 0) is 25.0 Å². The van der Waals surface area contributed by atoms with Crippen molar-refractivity contribution in [2.24, 2.45) is 4.99 Å². The molecule has 0 radical (unpaired) electrons. The lowest BCUT2D eigenvalue weighted by molar-refractivity contribution is 0.593. The molecule has 0 saturated carbocycles. The van der Waals surface area contributed by atoms with Gasteiger partial charge >= 0.3 is 0 Å². The van der Waals surface area contributed by atoms with Crippen LogP contribution in [-0.4, -0.2) is 32.4 Å². The maximum Gasteiger partial charge on any atom is 0.143 e. The lowest BCUT2D eigenvalue weighted by Crippen LogP contribution is -2.33. The highest BCUT2D eigenvalue weighted by Gasteiger charge is 2.31. The number of aromatic nitrogens is 4. The van der Waals surface area contributed by atoms with E-state index in [0.717, 1.165) is 60.1 Å². The van der Waals surface area contributed by atoms with Gasteiger partial charge in [0.25, 0.3) is 0 Å². The quantitative estimate of drug-likeness (QED) is 0.737. The number of hydrogen-bond donors (Lipinski definition) is 1. The molecule has 6 nitrogen and oxygen atoms in total. The Morgan fingerprint density at radius 3 is 2.83 bits per heavy atom. The number of halogens is 1. The lowest BCUT2D eigenvalue weighted by Gasteiger charge is -2.25. The van der Waals surface area contributed by atoms with E-state index in [2.05, 4.69) is 24.9 Å². The van der Waals surface area contributed by atoms with Gasteiger partial charge in [-0.1, -0.05) is 23.7 Å². The third kappa shape index (κ3) is 1.93. The summed E-state index contributed by atoms with van der Waals surface area (Å²) < 4.78 is 2.06. The van der Waals surface area contributed by atoms with E-state index in [1.54, 1.807) is 6.20 Å². The molecule has 0 spiro atoms. The van der Waals surface area contributed by atoms with E-state index < -0.39 is 0 Å². The number of fused-ring (bicyclic) bond motifs is 2. The second kappa shape index (κ2) is 5.21. The number of H-pyrrole nitrogens is 1. The summed E-state index contributed by atoms with van der Waals surface area (Å²) in [6.07, 6.45) is 5.83. The van der Waals surface area contributed by atoms with Crippen LogP contribution in [0.25, 0.3) is 11.3 Å². The fourth-order valence-corrected chi connectivity index (χ4v) is 3.65. The van der Waals surface area contributed by atoms with Crippen LogP contribution in [-0.2, 0) is 6.54 Å². The van der Waals surface area contributed by atoms with Crippen LogP contribution in [0.3, 0.4) is 0 Å². The van der Waals surface area contributed by atoms with Crippen LogP contribution in [0, 0.1) is 0 Å². The first-order chi connectivity index (χ1) is 11.8. The number of hydrogen-bond acceptors (Lipinski definition) is 4. The molecule has 4 heterocycles. The van der Waals surface area contributed by atoms with E-state index in [1.807, 2.05) is 30.5 Å². The SMILES string of the molecule is Clc1ccccc1C1=Nc2cn[nH]c2-c2cnn3c2N1CCCC3. The van der Waals surface area contributed by atoms with Crippen molar-refractivity contribution in [3.8, 4) is 11.3 Å². The molecule has 24 heavy (non-hydrogen) atoms. The number of nitrogens with one attached hydrogen (secondary N) is 1. The molecule has 3 aromatic rings. The second-order valence-electron chi connectivity index (χ2n) is 6.01. The summed E-state index contributed by atoms with van der Waals surface area (Å²) in [4.78, 5) is 7.15. The summed E-state index contributed by atoms with van der Waals surface area (Å²) in [6.45, 7) is 1.80. The molecule has 0 aliphatic carbocycles. The van der Waals surface area contributed by atoms with Crippen LogP contribution in [0.1, 0.15) is 18.4 Å². The molecule has 120 valence electrons. The average molecular weight is 339 g/mol. The van der Waals surface area contributed by atoms with E-state index in [-0.39, 0.29) is 0 Å². The van der Waals surface area contributed by atoms with Crippen molar-refractivity contribution in [3.05, 3.63) is 47.2 Å². The van der Waals surface area contributed by atoms with Crippen molar-refractivity contribution in [2.45, 2.75) is 19.4 Å². The molecule has 0 amide bonds. The van der Waals surface area contributed by atoms with Crippen LogP contribution < -0.4 is 4.90 Å². The number of anilines is 1. The van der Waals surface area contributed by atoms with E-state index in [0.29, 0.717) is 5.02 Å². The summed E-state index contributed by atoms with van der Waals surface area (Å²) in [6, 6.07) is 7.83. The highest BCUT2D eigenvalue weighted by atomic mass is 35.5. The Balaban J connectivity index is 1.82. The van der Waals surface area contributed by atoms with Crippen molar-refractivity contribution in [2.75, 3.05) is 11.4 Å². The smallest absolute Gasteiger partial charge is 0.143 e. The third-order valence-electron chi connectivity index (χ3n) is 4.55. The van der Waals surface area contributed by atoms with Gasteiger partial charge in [-0.3, -0.25) is 5.10 Å². The van der Waals surface area contributed by atoms with E-state index in [1.165, 1.54) is 0 Å². The van der Waals surface area contributed by atoms with Crippen molar-refractivity contribution in [3.63, 3.8) is 0 Å². The number of rotatable bonds is 1. The Morgan fingerprint density at radius 2 is 1.92 bits per heavy atom. The molecule has 5 rings (SSSR count). The Bertz CT molecular complexity index is 954. The Labute approximate surface area is 143 Å². The van der Waals surface area contributed by atoms with Crippen molar-refractivity contribution in [1.29, 1.82) is 0 Å². The molecule has 0 unspecified atom stereocenters. The molecule has 2 aromatic heterocycles. The molecule has 1 aromatic carbocycles. The standard InChI is InChI=1S/C17H15ClN6/c18-13-6-2-1-5-11(13)16-21-14-10-19-22-15(14)12-9-20-24-8-4-3-7-23(16)17(12)24/h1-2,5-6,9-10H,3-4,7-8H2,(H,19,22). The van der Waals surface area contributed by atoms with Gasteiger partial charge in [-0.2, -0.15) is 10.2 Å². The minimum Gasteiger partial charge on any atom is -0.310 e. The lowest BCUT2D eigenvalue weighted by atomic mass is 10.1. The number of aliphatic imine (C=N–C) groups is 1. The largest absolute Gasteiger partial charge is 0.310 e. The van der Waals surface area contributed by atoms with Crippen molar-refractivity contribution in [1.82, 2.24) is 20.0 Å². The maximum absolute atomic E-state index is 6.48. The minimum absolute atomic E-state index is 0.694. The number of nitrogens with zero attached hydrogens (tertiary/aromatic N) is 5. The van der Waals surface area contributed by atoms with Crippen molar-refractivity contribution >= 4 is 28.9 Å². The summed E-state index contributed by atoms with van der Waals surface area (Å²) in [5, 5.41) is 12.5. The topological polar surface area (TPSA) is 62.1 Å². The number of aryl methyl sites for hydroxylation is 1. The Morgan fingerprint density at radius 1 is 1.04 bits per heavy atom. The third-order valence-corrected chi connectivity index (χ3v) is 4.88. The van der Waals surface area contributed by atoms with Gasteiger partial charge in [0, 0.05) is 18.7 Å². The summed E-state index contributed by atoms with van der Waals surface area (Å²) >= 11 is 6.48. The van der Waals surface area contributed by atoms with Crippen LogP contribution in [0.4, 0.5) is 11.5 Å². The van der Waals surface area contributed by atoms with E-state index in [9.17, 15) is 0 Å². The fourth-order valence-electron chi connectivity index (χ4n) is 3.43. The zero-order valence-corrected chi connectivity index (χ0v) is 13.7. The molecule has 0 fully saturated rings. The number of benzene rings is 1. The van der Waals surface area contributed by atoms with Crippen molar-refractivity contribution < 1.29 is 0 Å². The number of aromatic amines is 1. The molecular formula is C17H15ClN6. The molecule has 7 heteroatoms. The molecule has 0 saturated heterocycles. The van der Waals surface area contributed by atoms with Gasteiger partial charge in [0.15, 0.2) is 0 Å². The molecule has 1 N–H and O–H groups in total. The second-order valence-corrected chi connectivity index (χ2v) is 6.42. The van der Waals surface area contributed by atoms with Gasteiger partial charge in [0.1, 0.15) is 17.3 Å². The number of amidine groups is 1. The first-order valence-corrected chi connectivity index (χ1v) is 8.41. The minimum atomic E-state index is 0.694. The molecule has 0 bridgehead atoms. The molecule has 2 aliphatic rings. The highest BCUT2D eigenvalue weighted by Crippen LogP contribution is 2.41. The van der Waals surface area contributed by atoms with Crippen LogP contribution in [0.2, 0.25) is 5.02 Å². The molecule has 2 aliphatic heterocycles. The summed E-state index contributed by atoms with van der Waals surface area (Å²) in [7, 11) is 0. The van der Waals surface area contributed by atoms with Gasteiger partial charge in [0.05, 0.1) is 28.7 Å². The average Bonchev–Trinajstić information content (AvgIpc) is 3.13. The summed E-state index contributed by atoms with van der Waals surface area (Å²) in [5.74, 6) is 1.92. The normalized spacial score (nSPS) is 16.0.